The van der Waals surface area contributed by atoms with Crippen molar-refractivity contribution in [2.24, 2.45) is 5.92 Å². The number of pyridine rings is 1. The number of carbonyl (C=O) groups is 1. The normalized spacial score (nSPS) is 23.8. The van der Waals surface area contributed by atoms with E-state index in [2.05, 4.69) is 9.88 Å². The molecule has 0 spiro atoms. The van der Waals surface area contributed by atoms with Gasteiger partial charge in [0.05, 0.1) is 5.03 Å². The summed E-state index contributed by atoms with van der Waals surface area (Å²) in [5, 5.41) is 0.972. The van der Waals surface area contributed by atoms with Crippen molar-refractivity contribution in [2.45, 2.75) is 24.3 Å². The van der Waals surface area contributed by atoms with Crippen LogP contribution in [0.15, 0.2) is 23.2 Å². The van der Waals surface area contributed by atoms with Gasteiger partial charge in [0.2, 0.25) is 5.91 Å². The summed E-state index contributed by atoms with van der Waals surface area (Å²) in [6, 6.07) is 5.92. The van der Waals surface area contributed by atoms with E-state index in [1.807, 2.05) is 29.4 Å². The number of nitrogens with zero attached hydrogens (tertiary/aromatic N) is 3. The van der Waals surface area contributed by atoms with Crippen molar-refractivity contribution in [3.8, 4) is 0 Å². The van der Waals surface area contributed by atoms with Gasteiger partial charge in [0.25, 0.3) is 0 Å². The summed E-state index contributed by atoms with van der Waals surface area (Å²) < 4.78 is 0. The van der Waals surface area contributed by atoms with Crippen molar-refractivity contribution in [1.82, 2.24) is 9.88 Å². The second-order valence-corrected chi connectivity index (χ2v) is 6.43. The second kappa shape index (κ2) is 6.14. The molecule has 3 rings (SSSR count). The average Bonchev–Trinajstić information content (AvgIpc) is 2.44. The summed E-state index contributed by atoms with van der Waals surface area (Å²) >= 11 is 1.62. The summed E-state index contributed by atoms with van der Waals surface area (Å²) in [6.07, 6.45) is 5.02. The number of carbonyl (C=O) groups excluding carboxylic acids is 1. The summed E-state index contributed by atoms with van der Waals surface area (Å²) in [6.45, 7) is 4.40. The van der Waals surface area contributed by atoms with Crippen molar-refractivity contribution in [3.05, 3.63) is 18.2 Å². The lowest BCUT2D eigenvalue weighted by Gasteiger charge is -2.38. The number of amides is 1. The number of piperidine rings is 1. The Labute approximate surface area is 124 Å². The van der Waals surface area contributed by atoms with Gasteiger partial charge < -0.3 is 4.90 Å². The number of anilines is 1. The zero-order chi connectivity index (χ0) is 13.9. The number of hydrogen-bond donors (Lipinski definition) is 0. The molecule has 0 N–H and O–H groups in total. The van der Waals surface area contributed by atoms with E-state index in [1.165, 1.54) is 19.5 Å². The molecule has 2 aliphatic heterocycles. The summed E-state index contributed by atoms with van der Waals surface area (Å²) in [5.41, 5.74) is 0. The summed E-state index contributed by atoms with van der Waals surface area (Å²) in [4.78, 5) is 21.1. The highest BCUT2D eigenvalue weighted by Crippen LogP contribution is 2.26. The highest BCUT2D eigenvalue weighted by Gasteiger charge is 2.29. The molecule has 0 aliphatic carbocycles. The van der Waals surface area contributed by atoms with Gasteiger partial charge in [-0.15, -0.1) is 11.8 Å². The third-order valence-corrected chi connectivity index (χ3v) is 4.81. The minimum atomic E-state index is 0.218. The first kappa shape index (κ1) is 13.9. The molecule has 0 aromatic carbocycles. The van der Waals surface area contributed by atoms with E-state index in [9.17, 15) is 4.79 Å². The molecule has 108 valence electrons. The van der Waals surface area contributed by atoms with E-state index in [4.69, 9.17) is 0 Å². The third-order valence-electron chi connectivity index (χ3n) is 4.17. The quantitative estimate of drug-likeness (QED) is 0.797. The number of aromatic nitrogens is 1. The topological polar surface area (TPSA) is 36.4 Å². The minimum absolute atomic E-state index is 0.218. The maximum absolute atomic E-state index is 12.2. The van der Waals surface area contributed by atoms with Crippen LogP contribution in [-0.2, 0) is 4.79 Å². The molecule has 1 aromatic heterocycles. The Kier molecular flexibility index (Phi) is 4.27. The number of likely N-dealkylation sites (tertiary alicyclic amines) is 1. The fraction of sp³-hybridized carbons (Fsp3) is 0.600. The lowest BCUT2D eigenvalue weighted by molar-refractivity contribution is -0.120. The molecule has 1 aromatic rings. The largest absolute Gasteiger partial charge is 0.303 e. The third kappa shape index (κ3) is 2.99. The molecule has 2 aliphatic rings. The number of rotatable bonds is 4. The molecular formula is C15H21N3OS. The standard InChI is InChI=1S/C15H21N3OS/c1-20-14-5-2-4-13(16-14)18-11-12(6-7-15(18)19)10-17-8-3-9-17/h2,4-5,12H,3,6-11H2,1H3. The smallest absolute Gasteiger partial charge is 0.228 e. The Morgan fingerprint density at radius 2 is 2.25 bits per heavy atom. The van der Waals surface area contributed by atoms with Crippen molar-refractivity contribution in [2.75, 3.05) is 37.3 Å². The van der Waals surface area contributed by atoms with Crippen LogP contribution in [0, 0.1) is 5.92 Å². The van der Waals surface area contributed by atoms with E-state index >= 15 is 0 Å². The molecule has 0 saturated carbocycles. The molecule has 3 heterocycles. The van der Waals surface area contributed by atoms with Gasteiger partial charge in [-0.2, -0.15) is 0 Å². The van der Waals surface area contributed by atoms with Gasteiger partial charge in [0.15, 0.2) is 0 Å². The number of thioether (sulfide) groups is 1. The van der Waals surface area contributed by atoms with Crippen molar-refractivity contribution >= 4 is 23.5 Å². The molecule has 2 fully saturated rings. The van der Waals surface area contributed by atoms with Crippen LogP contribution in [0.2, 0.25) is 0 Å². The van der Waals surface area contributed by atoms with E-state index < -0.39 is 0 Å². The van der Waals surface area contributed by atoms with E-state index in [0.29, 0.717) is 12.3 Å². The Bertz CT molecular complexity index is 490. The van der Waals surface area contributed by atoms with Gasteiger partial charge in [0, 0.05) is 19.5 Å². The fourth-order valence-corrected chi connectivity index (χ4v) is 3.28. The molecule has 1 unspecified atom stereocenters. The first-order chi connectivity index (χ1) is 9.76. The van der Waals surface area contributed by atoms with Crippen LogP contribution in [0.3, 0.4) is 0 Å². The van der Waals surface area contributed by atoms with Crippen LogP contribution in [0.5, 0.6) is 0 Å². The molecule has 0 bridgehead atoms. The molecule has 0 radical (unpaired) electrons. The second-order valence-electron chi connectivity index (χ2n) is 5.60. The van der Waals surface area contributed by atoms with Gasteiger partial charge in [-0.1, -0.05) is 6.07 Å². The minimum Gasteiger partial charge on any atom is -0.303 e. The lowest BCUT2D eigenvalue weighted by atomic mass is 9.95. The van der Waals surface area contributed by atoms with Crippen molar-refractivity contribution in [1.29, 1.82) is 0 Å². The molecule has 4 nitrogen and oxygen atoms in total. The first-order valence-electron chi connectivity index (χ1n) is 7.30. The predicted molar refractivity (Wildman–Crippen MR) is 82.2 cm³/mol. The van der Waals surface area contributed by atoms with Crippen LogP contribution in [0.1, 0.15) is 19.3 Å². The van der Waals surface area contributed by atoms with Gasteiger partial charge in [-0.3, -0.25) is 9.69 Å². The van der Waals surface area contributed by atoms with Crippen molar-refractivity contribution < 1.29 is 4.79 Å². The van der Waals surface area contributed by atoms with E-state index in [-0.39, 0.29) is 5.91 Å². The van der Waals surface area contributed by atoms with Gasteiger partial charge >= 0.3 is 0 Å². The Morgan fingerprint density at radius 3 is 2.95 bits per heavy atom. The van der Waals surface area contributed by atoms with Crippen LogP contribution in [-0.4, -0.2) is 48.2 Å². The molecule has 5 heteroatoms. The zero-order valence-electron chi connectivity index (χ0n) is 11.9. The van der Waals surface area contributed by atoms with E-state index in [1.54, 1.807) is 11.8 Å². The zero-order valence-corrected chi connectivity index (χ0v) is 12.7. The van der Waals surface area contributed by atoms with Crippen molar-refractivity contribution in [3.63, 3.8) is 0 Å². The van der Waals surface area contributed by atoms with Crippen LogP contribution < -0.4 is 4.90 Å². The van der Waals surface area contributed by atoms with Gasteiger partial charge in [0.1, 0.15) is 5.82 Å². The van der Waals surface area contributed by atoms with Crippen LogP contribution in [0.4, 0.5) is 5.82 Å². The summed E-state index contributed by atoms with van der Waals surface area (Å²) in [7, 11) is 0. The first-order valence-corrected chi connectivity index (χ1v) is 8.52. The Balaban J connectivity index is 1.70. The molecule has 20 heavy (non-hydrogen) atoms. The van der Waals surface area contributed by atoms with Crippen LogP contribution >= 0.6 is 11.8 Å². The molecular weight excluding hydrogens is 270 g/mol. The van der Waals surface area contributed by atoms with Crippen LogP contribution in [0.25, 0.3) is 0 Å². The maximum atomic E-state index is 12.2. The van der Waals surface area contributed by atoms with E-state index in [0.717, 1.165) is 30.4 Å². The maximum Gasteiger partial charge on any atom is 0.228 e. The average molecular weight is 291 g/mol. The van der Waals surface area contributed by atoms with Gasteiger partial charge in [-0.05, 0) is 50.2 Å². The summed E-state index contributed by atoms with van der Waals surface area (Å²) in [5.74, 6) is 1.62. The highest BCUT2D eigenvalue weighted by molar-refractivity contribution is 7.98. The SMILES string of the molecule is CSc1cccc(N2CC(CN3CCC3)CCC2=O)n1. The molecule has 1 atom stereocenters. The highest BCUT2D eigenvalue weighted by atomic mass is 32.2. The monoisotopic (exact) mass is 291 g/mol. The van der Waals surface area contributed by atoms with Gasteiger partial charge in [-0.25, -0.2) is 4.98 Å². The predicted octanol–water partition coefficient (Wildman–Crippen LogP) is 2.25. The lowest BCUT2D eigenvalue weighted by Crippen LogP contribution is -2.47. The fourth-order valence-electron chi connectivity index (χ4n) is 2.88. The Morgan fingerprint density at radius 1 is 1.40 bits per heavy atom. The molecule has 2 saturated heterocycles. The molecule has 1 amide bonds. The number of hydrogen-bond acceptors (Lipinski definition) is 4. The Hall–Kier alpha value is -1.07.